The maximum atomic E-state index is 5.73. The van der Waals surface area contributed by atoms with Crippen molar-refractivity contribution in [2.45, 2.75) is 19.4 Å². The van der Waals surface area contributed by atoms with Crippen LogP contribution in [0.15, 0.2) is 24.3 Å². The first-order chi connectivity index (χ1) is 10.1. The molecule has 2 rings (SSSR count). The van der Waals surface area contributed by atoms with Crippen LogP contribution >= 0.6 is 12.2 Å². The fraction of sp³-hybridized carbons (Fsp3) is 0.562. The Labute approximate surface area is 132 Å². The number of benzene rings is 1. The van der Waals surface area contributed by atoms with Gasteiger partial charge in [-0.3, -0.25) is 4.90 Å². The molecule has 2 N–H and O–H groups in total. The summed E-state index contributed by atoms with van der Waals surface area (Å²) >= 11 is 5.08. The number of piperazine rings is 1. The van der Waals surface area contributed by atoms with Crippen LogP contribution in [-0.2, 0) is 6.42 Å². The molecule has 116 valence electrons. The second-order valence-corrected chi connectivity index (χ2v) is 6.03. The van der Waals surface area contributed by atoms with E-state index in [1.807, 2.05) is 12.1 Å². The molecule has 0 spiro atoms. The molecular formula is C16H25N3OS. The van der Waals surface area contributed by atoms with Crippen molar-refractivity contribution in [3.8, 4) is 5.75 Å². The predicted octanol–water partition coefficient (Wildman–Crippen LogP) is 1.53. The topological polar surface area (TPSA) is 41.7 Å². The molecule has 0 saturated carbocycles. The van der Waals surface area contributed by atoms with E-state index in [-0.39, 0.29) is 6.04 Å². The predicted molar refractivity (Wildman–Crippen MR) is 91.0 cm³/mol. The fourth-order valence-corrected chi connectivity index (χ4v) is 2.78. The average Bonchev–Trinajstić information content (AvgIpc) is 2.53. The van der Waals surface area contributed by atoms with E-state index >= 15 is 0 Å². The van der Waals surface area contributed by atoms with Gasteiger partial charge < -0.3 is 15.4 Å². The molecule has 1 aromatic rings. The molecule has 1 aromatic carbocycles. The van der Waals surface area contributed by atoms with Crippen LogP contribution < -0.4 is 10.5 Å². The zero-order chi connectivity index (χ0) is 15.2. The van der Waals surface area contributed by atoms with E-state index in [9.17, 15) is 0 Å². The number of thiocarbonyl (C=S) groups is 1. The van der Waals surface area contributed by atoms with Crippen molar-refractivity contribution in [1.29, 1.82) is 0 Å². The van der Waals surface area contributed by atoms with Crippen LogP contribution in [0.2, 0.25) is 0 Å². The number of methoxy groups -OCH3 is 1. The molecule has 1 fully saturated rings. The molecule has 1 atom stereocenters. The Morgan fingerprint density at radius 2 is 1.86 bits per heavy atom. The quantitative estimate of drug-likeness (QED) is 0.807. The highest BCUT2D eigenvalue weighted by Crippen LogP contribution is 2.13. The van der Waals surface area contributed by atoms with E-state index in [1.54, 1.807) is 7.11 Å². The highest BCUT2D eigenvalue weighted by Gasteiger charge is 2.21. The number of nitrogens with two attached hydrogens (primary N) is 1. The summed E-state index contributed by atoms with van der Waals surface area (Å²) in [6, 6.07) is 8.55. The minimum Gasteiger partial charge on any atom is -0.497 e. The first-order valence-electron chi connectivity index (χ1n) is 7.49. The Morgan fingerprint density at radius 1 is 1.24 bits per heavy atom. The fourth-order valence-electron chi connectivity index (χ4n) is 2.63. The third-order valence-corrected chi connectivity index (χ3v) is 4.58. The first-order valence-corrected chi connectivity index (χ1v) is 7.89. The van der Waals surface area contributed by atoms with Gasteiger partial charge in [-0.1, -0.05) is 24.4 Å². The van der Waals surface area contributed by atoms with Crippen molar-refractivity contribution < 1.29 is 4.74 Å². The number of hydrogen-bond acceptors (Lipinski definition) is 4. The van der Waals surface area contributed by atoms with Crippen molar-refractivity contribution in [1.82, 2.24) is 9.80 Å². The third-order valence-electron chi connectivity index (χ3n) is 4.24. The van der Waals surface area contributed by atoms with Gasteiger partial charge in [-0.15, -0.1) is 0 Å². The molecule has 1 aliphatic heterocycles. The molecule has 1 heterocycles. The maximum Gasteiger partial charge on any atom is 0.118 e. The van der Waals surface area contributed by atoms with Gasteiger partial charge in [0.25, 0.3) is 0 Å². The van der Waals surface area contributed by atoms with Gasteiger partial charge in [0.15, 0.2) is 0 Å². The molecule has 1 saturated heterocycles. The van der Waals surface area contributed by atoms with Gasteiger partial charge in [-0.05, 0) is 31.0 Å². The number of hydrogen-bond donors (Lipinski definition) is 1. The molecular weight excluding hydrogens is 282 g/mol. The summed E-state index contributed by atoms with van der Waals surface area (Å²) < 4.78 is 5.18. The summed E-state index contributed by atoms with van der Waals surface area (Å²) in [7, 11) is 1.70. The lowest BCUT2D eigenvalue weighted by molar-refractivity contribution is 0.124. The Balaban J connectivity index is 1.74. The first kappa shape index (κ1) is 16.2. The smallest absolute Gasteiger partial charge is 0.118 e. The molecule has 0 aliphatic carbocycles. The average molecular weight is 307 g/mol. The summed E-state index contributed by atoms with van der Waals surface area (Å²) in [5, 5.41) is 0. The lowest BCUT2D eigenvalue weighted by Crippen LogP contribution is -2.52. The van der Waals surface area contributed by atoms with Gasteiger partial charge in [0.1, 0.15) is 5.75 Å². The van der Waals surface area contributed by atoms with E-state index in [2.05, 4.69) is 28.9 Å². The normalized spacial score (nSPS) is 18.4. The van der Waals surface area contributed by atoms with Crippen molar-refractivity contribution in [2.75, 3.05) is 39.8 Å². The van der Waals surface area contributed by atoms with Gasteiger partial charge in [0.2, 0.25) is 0 Å². The Bertz CT molecular complexity index is 455. The highest BCUT2D eigenvalue weighted by molar-refractivity contribution is 7.80. The minimum atomic E-state index is 0.212. The molecule has 1 aliphatic rings. The molecule has 0 aromatic heterocycles. The van der Waals surface area contributed by atoms with E-state index < -0.39 is 0 Å². The minimum absolute atomic E-state index is 0.212. The van der Waals surface area contributed by atoms with E-state index in [0.717, 1.165) is 44.9 Å². The van der Waals surface area contributed by atoms with Crippen molar-refractivity contribution in [3.63, 3.8) is 0 Å². The van der Waals surface area contributed by atoms with Crippen LogP contribution in [0.25, 0.3) is 0 Å². The van der Waals surface area contributed by atoms with Crippen LogP contribution in [0.5, 0.6) is 5.75 Å². The van der Waals surface area contributed by atoms with E-state index in [4.69, 9.17) is 22.7 Å². The standard InChI is InChI=1S/C16H25N3OS/c1-13(16(17)21)19-11-9-18(10-12-19)8-7-14-3-5-15(20-2)6-4-14/h3-6,13H,7-12H2,1-2H3,(H2,17,21). The van der Waals surface area contributed by atoms with Crippen LogP contribution in [0, 0.1) is 0 Å². The second-order valence-electron chi connectivity index (χ2n) is 5.55. The number of rotatable bonds is 6. The molecule has 0 bridgehead atoms. The van der Waals surface area contributed by atoms with Crippen LogP contribution in [0.1, 0.15) is 12.5 Å². The highest BCUT2D eigenvalue weighted by atomic mass is 32.1. The Hall–Kier alpha value is -1.17. The summed E-state index contributed by atoms with van der Waals surface area (Å²) in [6.07, 6.45) is 1.08. The molecule has 0 radical (unpaired) electrons. The van der Waals surface area contributed by atoms with Gasteiger partial charge in [0.05, 0.1) is 18.1 Å². The second kappa shape index (κ2) is 7.73. The largest absolute Gasteiger partial charge is 0.497 e. The molecule has 5 heteroatoms. The third kappa shape index (κ3) is 4.66. The van der Waals surface area contributed by atoms with Crippen LogP contribution in [0.3, 0.4) is 0 Å². The molecule has 21 heavy (non-hydrogen) atoms. The zero-order valence-electron chi connectivity index (χ0n) is 12.9. The number of nitrogens with zero attached hydrogens (tertiary/aromatic N) is 2. The van der Waals surface area contributed by atoms with E-state index in [0.29, 0.717) is 4.99 Å². The number of ether oxygens (including phenoxy) is 1. The summed E-state index contributed by atoms with van der Waals surface area (Å²) in [6.45, 7) is 7.45. The van der Waals surface area contributed by atoms with Crippen LogP contribution in [0.4, 0.5) is 0 Å². The summed E-state index contributed by atoms with van der Waals surface area (Å²) in [4.78, 5) is 5.47. The Kier molecular flexibility index (Phi) is 5.96. The Morgan fingerprint density at radius 3 is 2.38 bits per heavy atom. The van der Waals surface area contributed by atoms with Crippen LogP contribution in [-0.4, -0.2) is 60.7 Å². The molecule has 1 unspecified atom stereocenters. The SMILES string of the molecule is COc1ccc(CCN2CCN(C(C)C(N)=S)CC2)cc1. The maximum absolute atomic E-state index is 5.73. The van der Waals surface area contributed by atoms with Crippen molar-refractivity contribution >= 4 is 17.2 Å². The lowest BCUT2D eigenvalue weighted by Gasteiger charge is -2.37. The van der Waals surface area contributed by atoms with Crippen molar-refractivity contribution in [3.05, 3.63) is 29.8 Å². The van der Waals surface area contributed by atoms with Crippen molar-refractivity contribution in [2.24, 2.45) is 5.73 Å². The molecule has 4 nitrogen and oxygen atoms in total. The summed E-state index contributed by atoms with van der Waals surface area (Å²) in [5.74, 6) is 0.916. The lowest BCUT2D eigenvalue weighted by atomic mass is 10.1. The van der Waals surface area contributed by atoms with Gasteiger partial charge in [-0.2, -0.15) is 0 Å². The summed E-state index contributed by atoms with van der Waals surface area (Å²) in [5.41, 5.74) is 7.08. The molecule has 0 amide bonds. The monoisotopic (exact) mass is 307 g/mol. The van der Waals surface area contributed by atoms with E-state index in [1.165, 1.54) is 5.56 Å². The van der Waals surface area contributed by atoms with Gasteiger partial charge in [-0.25, -0.2) is 0 Å². The van der Waals surface area contributed by atoms with Gasteiger partial charge >= 0.3 is 0 Å². The van der Waals surface area contributed by atoms with Gasteiger partial charge in [0, 0.05) is 32.7 Å². The zero-order valence-corrected chi connectivity index (χ0v) is 13.7.